The zero-order valence-electron chi connectivity index (χ0n) is 19.5. The molecule has 0 unspecified atom stereocenters. The largest absolute Gasteiger partial charge is 0.496 e. The number of hydrogen-bond acceptors (Lipinski definition) is 7. The normalized spacial score (nSPS) is 11.0. The molecule has 1 aromatic heterocycles. The molecule has 0 radical (unpaired) electrons. The summed E-state index contributed by atoms with van der Waals surface area (Å²) in [5.41, 5.74) is -1.87. The van der Waals surface area contributed by atoms with Gasteiger partial charge in [-0.15, -0.1) is 0 Å². The first-order chi connectivity index (χ1) is 18.0. The zero-order valence-corrected chi connectivity index (χ0v) is 20.3. The van der Waals surface area contributed by atoms with Gasteiger partial charge in [0.2, 0.25) is 0 Å². The summed E-state index contributed by atoms with van der Waals surface area (Å²) in [5.74, 6) is -2.49. The Bertz CT molecular complexity index is 1420. The average molecular weight is 552 g/mol. The number of carbonyl (C=O) groups is 2. The molecule has 8 nitrogen and oxygen atoms in total. The van der Waals surface area contributed by atoms with E-state index in [1.165, 1.54) is 31.4 Å². The van der Waals surface area contributed by atoms with Crippen LogP contribution in [0.2, 0.25) is 5.02 Å². The Balaban J connectivity index is 1.94. The van der Waals surface area contributed by atoms with Crippen LogP contribution in [0.25, 0.3) is 11.1 Å². The number of carboxylic acid groups (broad SMARTS) is 1. The van der Waals surface area contributed by atoms with E-state index in [1.807, 2.05) is 0 Å². The quantitative estimate of drug-likeness (QED) is 0.247. The van der Waals surface area contributed by atoms with Crippen molar-refractivity contribution in [2.24, 2.45) is 0 Å². The Morgan fingerprint density at radius 2 is 1.92 bits per heavy atom. The number of anilines is 1. The molecule has 3 rings (SSSR count). The van der Waals surface area contributed by atoms with E-state index in [4.69, 9.17) is 26.2 Å². The summed E-state index contributed by atoms with van der Waals surface area (Å²) >= 11 is 6.29. The molecule has 1 heterocycles. The van der Waals surface area contributed by atoms with Crippen LogP contribution in [0.4, 0.5) is 23.2 Å². The van der Waals surface area contributed by atoms with Crippen molar-refractivity contribution in [3.63, 3.8) is 0 Å². The highest BCUT2D eigenvalue weighted by Crippen LogP contribution is 2.38. The van der Waals surface area contributed by atoms with Gasteiger partial charge in [-0.2, -0.15) is 18.4 Å². The summed E-state index contributed by atoms with van der Waals surface area (Å²) < 4.78 is 64.1. The number of para-hydroxylation sites is 1. The van der Waals surface area contributed by atoms with Gasteiger partial charge in [0, 0.05) is 23.4 Å². The number of hydrogen-bond donors (Lipinski definition) is 2. The van der Waals surface area contributed by atoms with Gasteiger partial charge in [0.15, 0.2) is 5.78 Å². The summed E-state index contributed by atoms with van der Waals surface area (Å²) in [6.45, 7) is -0.720. The number of nitrogens with one attached hydrogen (secondary N) is 1. The predicted octanol–water partition coefficient (Wildman–Crippen LogP) is 5.59. The number of methoxy groups -OCH3 is 1. The van der Waals surface area contributed by atoms with Crippen molar-refractivity contribution in [3.05, 3.63) is 70.3 Å². The number of benzene rings is 2. The molecule has 38 heavy (non-hydrogen) atoms. The molecule has 2 N–H and O–H groups in total. The lowest BCUT2D eigenvalue weighted by Crippen LogP contribution is -2.17. The van der Waals surface area contributed by atoms with E-state index in [0.717, 1.165) is 12.3 Å². The van der Waals surface area contributed by atoms with E-state index < -0.39 is 36.0 Å². The number of ether oxygens (including phenoxy) is 2. The fourth-order valence-electron chi connectivity index (χ4n) is 3.37. The Labute approximate surface area is 218 Å². The molecule has 2 aromatic carbocycles. The monoisotopic (exact) mass is 551 g/mol. The van der Waals surface area contributed by atoms with Crippen molar-refractivity contribution in [2.75, 3.05) is 25.6 Å². The van der Waals surface area contributed by atoms with E-state index in [-0.39, 0.29) is 57.5 Å². The van der Waals surface area contributed by atoms with E-state index >= 15 is 0 Å². The van der Waals surface area contributed by atoms with Crippen LogP contribution in [0.5, 0.6) is 11.5 Å². The number of carboxylic acids is 1. The molecule has 198 valence electrons. The minimum atomic E-state index is -4.77. The van der Waals surface area contributed by atoms with Crippen LogP contribution in [0.3, 0.4) is 0 Å². The van der Waals surface area contributed by atoms with Crippen LogP contribution in [-0.4, -0.2) is 42.1 Å². The molecule has 3 aromatic rings. The van der Waals surface area contributed by atoms with Gasteiger partial charge in [0.05, 0.1) is 48.9 Å². The number of aromatic nitrogens is 1. The molecular weight excluding hydrogens is 534 g/mol. The summed E-state index contributed by atoms with van der Waals surface area (Å²) in [6.07, 6.45) is -4.27. The van der Waals surface area contributed by atoms with Crippen molar-refractivity contribution in [3.8, 4) is 28.7 Å². The highest BCUT2D eigenvalue weighted by molar-refractivity contribution is 6.33. The molecule has 0 atom stereocenters. The Kier molecular flexibility index (Phi) is 8.75. The van der Waals surface area contributed by atoms with Crippen molar-refractivity contribution in [2.45, 2.75) is 12.6 Å². The number of rotatable bonds is 10. The third kappa shape index (κ3) is 6.49. The molecule has 0 aliphatic rings. The number of alkyl halides is 3. The number of nitrogens with zero attached hydrogens (tertiary/aromatic N) is 2. The third-order valence-corrected chi connectivity index (χ3v) is 5.48. The summed E-state index contributed by atoms with van der Waals surface area (Å²) in [7, 11) is 1.27. The Morgan fingerprint density at radius 3 is 2.55 bits per heavy atom. The number of halogens is 5. The van der Waals surface area contributed by atoms with Gasteiger partial charge in [0.1, 0.15) is 28.7 Å². The molecule has 13 heteroatoms. The van der Waals surface area contributed by atoms with E-state index in [0.29, 0.717) is 6.07 Å². The van der Waals surface area contributed by atoms with Crippen LogP contribution in [0.15, 0.2) is 42.6 Å². The minimum absolute atomic E-state index is 0.0164. The van der Waals surface area contributed by atoms with E-state index in [1.54, 1.807) is 6.07 Å². The molecule has 0 saturated heterocycles. The van der Waals surface area contributed by atoms with Crippen LogP contribution in [0.1, 0.15) is 28.0 Å². The molecule has 0 amide bonds. The fraction of sp³-hybridized carbons (Fsp3) is 0.200. The number of nitriles is 1. The first kappa shape index (κ1) is 28.2. The number of carbonyl (C=O) groups excluding carboxylic acids is 1. The maximum Gasteiger partial charge on any atom is 0.433 e. The predicted molar refractivity (Wildman–Crippen MR) is 128 cm³/mol. The second-order valence-electron chi connectivity index (χ2n) is 7.64. The van der Waals surface area contributed by atoms with Crippen molar-refractivity contribution in [1.82, 2.24) is 4.98 Å². The number of aliphatic carboxylic acids is 1. The molecular formula is C25H18ClF4N3O5. The van der Waals surface area contributed by atoms with Crippen LogP contribution in [-0.2, 0) is 11.0 Å². The lowest BCUT2D eigenvalue weighted by atomic mass is 9.97. The van der Waals surface area contributed by atoms with Gasteiger partial charge < -0.3 is 19.9 Å². The van der Waals surface area contributed by atoms with E-state index in [9.17, 15) is 32.4 Å². The van der Waals surface area contributed by atoms with Crippen LogP contribution < -0.4 is 14.8 Å². The first-order valence-corrected chi connectivity index (χ1v) is 11.1. The zero-order chi connectivity index (χ0) is 28.0. The van der Waals surface area contributed by atoms with Crippen LogP contribution >= 0.6 is 11.6 Å². The summed E-state index contributed by atoms with van der Waals surface area (Å²) in [4.78, 5) is 27.2. The first-order valence-electron chi connectivity index (χ1n) is 10.7. The Morgan fingerprint density at radius 1 is 1.18 bits per heavy atom. The molecule has 0 aliphatic carbocycles. The summed E-state index contributed by atoms with van der Waals surface area (Å²) in [5, 5.41) is 20.8. The van der Waals surface area contributed by atoms with Gasteiger partial charge in [-0.3, -0.25) is 14.6 Å². The van der Waals surface area contributed by atoms with Crippen molar-refractivity contribution in [1.29, 1.82) is 5.26 Å². The number of Topliss-reactive ketones (excluding diaryl/α,β-unsaturated/α-hetero) is 1. The molecule has 0 saturated carbocycles. The van der Waals surface area contributed by atoms with Gasteiger partial charge in [0.25, 0.3) is 0 Å². The number of ketones is 1. The second kappa shape index (κ2) is 11.8. The van der Waals surface area contributed by atoms with Crippen LogP contribution in [0, 0.1) is 17.1 Å². The van der Waals surface area contributed by atoms with Gasteiger partial charge in [-0.25, -0.2) is 4.39 Å². The average Bonchev–Trinajstić information content (AvgIpc) is 2.86. The highest BCUT2D eigenvalue weighted by Gasteiger charge is 2.33. The fourth-order valence-corrected chi connectivity index (χ4v) is 3.63. The Hall–Kier alpha value is -4.37. The lowest BCUT2D eigenvalue weighted by Gasteiger charge is -2.16. The topological polar surface area (TPSA) is 122 Å². The smallest absolute Gasteiger partial charge is 0.433 e. The van der Waals surface area contributed by atoms with Crippen molar-refractivity contribution < 1.29 is 41.7 Å². The summed E-state index contributed by atoms with van der Waals surface area (Å²) in [6, 6.07) is 8.58. The van der Waals surface area contributed by atoms with Gasteiger partial charge >= 0.3 is 12.1 Å². The maximum absolute atomic E-state index is 14.4. The van der Waals surface area contributed by atoms with Gasteiger partial charge in [-0.05, 0) is 24.3 Å². The SMILES string of the molecule is COc1cc(Cl)c(-c2cnc(C(F)(F)F)cc2C#N)cc1C(=O)CNc1c(F)cccc1OCCC(=O)O. The second-order valence-corrected chi connectivity index (χ2v) is 8.05. The van der Waals surface area contributed by atoms with Crippen molar-refractivity contribution >= 4 is 29.0 Å². The third-order valence-electron chi connectivity index (χ3n) is 5.17. The highest BCUT2D eigenvalue weighted by atomic mass is 35.5. The minimum Gasteiger partial charge on any atom is -0.496 e. The van der Waals surface area contributed by atoms with Gasteiger partial charge in [-0.1, -0.05) is 17.7 Å². The lowest BCUT2D eigenvalue weighted by molar-refractivity contribution is -0.141. The standard InChI is InChI=1S/C25H18ClF4N3O5/c1-37-21-9-17(26)14(16-11-32-22(25(28,29)30)7-13(16)10-31)8-15(21)19(34)12-33-24-18(27)3-2-4-20(24)38-6-5-23(35)36/h2-4,7-9,11,33H,5-6,12H2,1H3,(H,35,36). The molecule has 0 bridgehead atoms. The van der Waals surface area contributed by atoms with E-state index in [2.05, 4.69) is 10.3 Å². The molecule has 0 aliphatic heterocycles. The molecule has 0 fully saturated rings. The maximum atomic E-state index is 14.4. The number of pyridine rings is 1. The molecule has 0 spiro atoms.